The van der Waals surface area contributed by atoms with Crippen LogP contribution >= 0.6 is 22.9 Å². The normalized spacial score (nSPS) is 11.4. The summed E-state index contributed by atoms with van der Waals surface area (Å²) in [5.74, 6) is 0.468. The zero-order valence-corrected chi connectivity index (χ0v) is 27.1. The molecule has 0 atom stereocenters. The second kappa shape index (κ2) is 15.2. The fourth-order valence-electron chi connectivity index (χ4n) is 4.72. The molecule has 0 radical (unpaired) electrons. The van der Waals surface area contributed by atoms with Gasteiger partial charge in [0.1, 0.15) is 5.75 Å². The highest BCUT2D eigenvalue weighted by Gasteiger charge is 2.16. The van der Waals surface area contributed by atoms with Crippen LogP contribution in [0, 0.1) is 0 Å². The summed E-state index contributed by atoms with van der Waals surface area (Å²) in [7, 11) is -3.46. The quantitative estimate of drug-likeness (QED) is 0.133. The lowest BCUT2D eigenvalue weighted by atomic mass is 10.1. The van der Waals surface area contributed by atoms with Gasteiger partial charge in [-0.2, -0.15) is 5.21 Å². The molecule has 1 amide bonds. The maximum atomic E-state index is 13.4. The summed E-state index contributed by atoms with van der Waals surface area (Å²) < 4.78 is 31.5. The van der Waals surface area contributed by atoms with E-state index in [1.807, 2.05) is 24.3 Å². The Morgan fingerprint density at radius 2 is 1.82 bits per heavy atom. The second-order valence-corrected chi connectivity index (χ2v) is 13.9. The molecule has 2 aromatic heterocycles. The number of thiazole rings is 1. The van der Waals surface area contributed by atoms with E-state index in [2.05, 4.69) is 38.2 Å². The maximum absolute atomic E-state index is 13.4. The largest absolute Gasteiger partial charge is 0.483 e. The Morgan fingerprint density at radius 3 is 2.60 bits per heavy atom. The molecule has 5 rings (SSSR count). The molecule has 0 aliphatic heterocycles. The third-order valence-electron chi connectivity index (χ3n) is 7.01. The van der Waals surface area contributed by atoms with E-state index in [0.29, 0.717) is 40.7 Å². The van der Waals surface area contributed by atoms with Crippen molar-refractivity contribution in [2.24, 2.45) is 0 Å². The van der Waals surface area contributed by atoms with Gasteiger partial charge in [0.2, 0.25) is 5.82 Å². The molecule has 5 aromatic rings. The lowest BCUT2D eigenvalue weighted by Crippen LogP contribution is -2.14. The molecule has 0 spiro atoms. The number of nitrogens with zero attached hydrogens (tertiary/aromatic N) is 4. The first-order valence-electron chi connectivity index (χ1n) is 14.6. The number of aromatic nitrogens is 5. The number of nitrogens with one attached hydrogen (secondary N) is 2. The standard InChI is InChI=1S/C32H33ClN6O4S2/c1-2-5-26-21-44-31(34-26)16-10-22-6-3-8-24(18-22)32(40)35-28-19-23(9-15-29(28)43-20-30-36-38-39-37-30)7-4-17-45(41,42)27-13-11-25(33)12-14-27/h3,6,8-9,11-15,18-19,21H,2,4-5,7,10,16-17,20H2,1H3,(H,35,40)(H,36,37,38,39). The van der Waals surface area contributed by atoms with E-state index in [1.165, 1.54) is 12.1 Å². The van der Waals surface area contributed by atoms with Crippen molar-refractivity contribution >= 4 is 44.4 Å². The number of amides is 1. The highest BCUT2D eigenvalue weighted by atomic mass is 35.5. The highest BCUT2D eigenvalue weighted by molar-refractivity contribution is 7.91. The lowest BCUT2D eigenvalue weighted by molar-refractivity contribution is 0.102. The van der Waals surface area contributed by atoms with Crippen LogP contribution in [-0.2, 0) is 42.1 Å². The van der Waals surface area contributed by atoms with Crippen molar-refractivity contribution in [3.8, 4) is 5.75 Å². The first kappa shape index (κ1) is 32.3. The number of anilines is 1. The van der Waals surface area contributed by atoms with Crippen LogP contribution in [0.15, 0.2) is 77.0 Å². The number of H-pyrrole nitrogens is 1. The van der Waals surface area contributed by atoms with Crippen molar-refractivity contribution in [3.63, 3.8) is 0 Å². The monoisotopic (exact) mass is 664 g/mol. The number of aryl methyl sites for hydroxylation is 4. The molecular formula is C32H33ClN6O4S2. The molecule has 2 N–H and O–H groups in total. The third-order valence-corrected chi connectivity index (χ3v) is 10.0. The summed E-state index contributed by atoms with van der Waals surface area (Å²) >= 11 is 7.58. The van der Waals surface area contributed by atoms with Gasteiger partial charge in [-0.15, -0.1) is 21.5 Å². The summed E-state index contributed by atoms with van der Waals surface area (Å²) in [4.78, 5) is 18.4. The Kier molecular flexibility index (Phi) is 10.9. The number of tetrazole rings is 1. The van der Waals surface area contributed by atoms with Gasteiger partial charge in [0.15, 0.2) is 16.4 Å². The molecule has 0 aliphatic carbocycles. The smallest absolute Gasteiger partial charge is 0.255 e. The SMILES string of the molecule is CCCc1csc(CCc2cccc(C(=O)Nc3cc(CCCS(=O)(=O)c4ccc(Cl)cc4)ccc3OCc3nn[nH]n3)c2)n1. The Labute approximate surface area is 271 Å². The third kappa shape index (κ3) is 9.19. The Hall–Kier alpha value is -4.13. The predicted octanol–water partition coefficient (Wildman–Crippen LogP) is 6.29. The molecule has 0 unspecified atom stereocenters. The number of rotatable bonds is 15. The molecule has 0 bridgehead atoms. The van der Waals surface area contributed by atoms with Gasteiger partial charge in [-0.05, 0) is 85.3 Å². The first-order valence-corrected chi connectivity index (χ1v) is 17.5. The van der Waals surface area contributed by atoms with Gasteiger partial charge < -0.3 is 10.1 Å². The fourth-order valence-corrected chi connectivity index (χ4v) is 6.99. The van der Waals surface area contributed by atoms with Crippen LogP contribution in [0.3, 0.4) is 0 Å². The number of carbonyl (C=O) groups excluding carboxylic acids is 1. The minimum Gasteiger partial charge on any atom is -0.483 e. The van der Waals surface area contributed by atoms with Gasteiger partial charge in [-0.1, -0.05) is 48.4 Å². The van der Waals surface area contributed by atoms with Crippen LogP contribution in [0.5, 0.6) is 5.75 Å². The molecule has 2 heterocycles. The van der Waals surface area contributed by atoms with Crippen molar-refractivity contribution in [1.29, 1.82) is 0 Å². The molecule has 45 heavy (non-hydrogen) atoms. The Balaban J connectivity index is 1.27. The van der Waals surface area contributed by atoms with Gasteiger partial charge in [-0.25, -0.2) is 13.4 Å². The van der Waals surface area contributed by atoms with E-state index in [0.717, 1.165) is 47.5 Å². The average Bonchev–Trinajstić information content (AvgIpc) is 3.73. The molecule has 10 nitrogen and oxygen atoms in total. The minimum absolute atomic E-state index is 0.0277. The summed E-state index contributed by atoms with van der Waals surface area (Å²) in [6.45, 7) is 2.19. The van der Waals surface area contributed by atoms with E-state index in [9.17, 15) is 13.2 Å². The second-order valence-electron chi connectivity index (χ2n) is 10.5. The summed E-state index contributed by atoms with van der Waals surface area (Å²) in [5.41, 5.74) is 4.00. The number of halogens is 1. The van der Waals surface area contributed by atoms with E-state index in [-0.39, 0.29) is 23.2 Å². The van der Waals surface area contributed by atoms with E-state index < -0.39 is 9.84 Å². The van der Waals surface area contributed by atoms with Crippen LogP contribution < -0.4 is 10.1 Å². The number of carbonyl (C=O) groups is 1. The van der Waals surface area contributed by atoms with Crippen LogP contribution in [0.25, 0.3) is 0 Å². The fraction of sp³-hybridized carbons (Fsp3) is 0.281. The summed E-state index contributed by atoms with van der Waals surface area (Å²) in [6.07, 6.45) is 4.50. The van der Waals surface area contributed by atoms with Crippen molar-refractivity contribution in [1.82, 2.24) is 25.6 Å². The van der Waals surface area contributed by atoms with Crippen molar-refractivity contribution in [2.45, 2.75) is 57.0 Å². The highest BCUT2D eigenvalue weighted by Crippen LogP contribution is 2.28. The number of hydrogen-bond acceptors (Lipinski definition) is 9. The number of ether oxygens (including phenoxy) is 1. The van der Waals surface area contributed by atoms with Gasteiger partial charge in [-0.3, -0.25) is 4.79 Å². The number of sulfone groups is 1. The average molecular weight is 665 g/mol. The van der Waals surface area contributed by atoms with Gasteiger partial charge in [0.25, 0.3) is 5.91 Å². The van der Waals surface area contributed by atoms with Crippen molar-refractivity contribution < 1.29 is 17.9 Å². The molecule has 0 saturated heterocycles. The summed E-state index contributed by atoms with van der Waals surface area (Å²) in [6, 6.07) is 19.1. The lowest BCUT2D eigenvalue weighted by Gasteiger charge is -2.14. The van der Waals surface area contributed by atoms with Crippen LogP contribution in [0.2, 0.25) is 5.02 Å². The molecular weight excluding hydrogens is 632 g/mol. The van der Waals surface area contributed by atoms with Crippen molar-refractivity contribution in [2.75, 3.05) is 11.1 Å². The maximum Gasteiger partial charge on any atom is 0.255 e. The first-order chi connectivity index (χ1) is 21.8. The minimum atomic E-state index is -3.46. The molecule has 0 aliphatic rings. The summed E-state index contributed by atoms with van der Waals surface area (Å²) in [5, 5.41) is 20.4. The Bertz CT molecular complexity index is 1830. The van der Waals surface area contributed by atoms with E-state index >= 15 is 0 Å². The topological polar surface area (TPSA) is 140 Å². The molecule has 13 heteroatoms. The zero-order valence-electron chi connectivity index (χ0n) is 24.7. The predicted molar refractivity (Wildman–Crippen MR) is 175 cm³/mol. The number of benzene rings is 3. The van der Waals surface area contributed by atoms with E-state index in [4.69, 9.17) is 21.3 Å². The Morgan fingerprint density at radius 1 is 1.00 bits per heavy atom. The van der Waals surface area contributed by atoms with Gasteiger partial charge in [0, 0.05) is 22.4 Å². The van der Waals surface area contributed by atoms with Gasteiger partial charge >= 0.3 is 0 Å². The van der Waals surface area contributed by atoms with Crippen molar-refractivity contribution in [3.05, 3.63) is 110 Å². The van der Waals surface area contributed by atoms with Crippen LogP contribution in [0.4, 0.5) is 5.69 Å². The van der Waals surface area contributed by atoms with E-state index in [1.54, 1.807) is 41.7 Å². The zero-order chi connectivity index (χ0) is 31.6. The number of hydrogen-bond donors (Lipinski definition) is 2. The number of aromatic amines is 1. The molecule has 0 fully saturated rings. The molecule has 234 valence electrons. The van der Waals surface area contributed by atoms with Crippen LogP contribution in [-0.4, -0.2) is 45.7 Å². The molecule has 0 saturated carbocycles. The van der Waals surface area contributed by atoms with Crippen LogP contribution in [0.1, 0.15) is 57.8 Å². The molecule has 3 aromatic carbocycles. The van der Waals surface area contributed by atoms with Gasteiger partial charge in [0.05, 0.1) is 27.0 Å².